The summed E-state index contributed by atoms with van der Waals surface area (Å²) in [6.07, 6.45) is 3.70. The monoisotopic (exact) mass is 230 g/mol. The predicted molar refractivity (Wildman–Crippen MR) is 68.2 cm³/mol. The molecule has 0 bridgehead atoms. The van der Waals surface area contributed by atoms with Crippen LogP contribution in [0.25, 0.3) is 0 Å². The fourth-order valence-corrected chi connectivity index (χ4v) is 1.91. The van der Waals surface area contributed by atoms with Crippen molar-refractivity contribution in [2.24, 2.45) is 12.9 Å². The minimum absolute atomic E-state index is 0.215. The smallest absolute Gasteiger partial charge is 0.0640 e. The van der Waals surface area contributed by atoms with E-state index in [2.05, 4.69) is 22.7 Å². The van der Waals surface area contributed by atoms with Gasteiger partial charge < -0.3 is 0 Å². The number of aromatic nitrogens is 2. The Morgan fingerprint density at radius 1 is 1.24 bits per heavy atom. The molecule has 2 rings (SSSR count). The summed E-state index contributed by atoms with van der Waals surface area (Å²) in [7, 11) is 1.92. The highest BCUT2D eigenvalue weighted by Crippen LogP contribution is 2.07. The summed E-state index contributed by atoms with van der Waals surface area (Å²) in [5, 5.41) is 4.36. The highest BCUT2D eigenvalue weighted by atomic mass is 15.3. The van der Waals surface area contributed by atoms with Gasteiger partial charge in [-0.2, -0.15) is 5.10 Å². The Labute approximate surface area is 101 Å². The maximum absolute atomic E-state index is 5.59. The van der Waals surface area contributed by atoms with E-state index in [0.29, 0.717) is 0 Å². The average Bonchev–Trinajstić information content (AvgIpc) is 2.75. The van der Waals surface area contributed by atoms with Gasteiger partial charge in [0.1, 0.15) is 0 Å². The van der Waals surface area contributed by atoms with Gasteiger partial charge in [0, 0.05) is 25.7 Å². The Kier molecular flexibility index (Phi) is 3.90. The zero-order valence-electron chi connectivity index (χ0n) is 10.0. The molecule has 3 N–H and O–H groups in total. The van der Waals surface area contributed by atoms with E-state index in [4.69, 9.17) is 5.84 Å². The summed E-state index contributed by atoms with van der Waals surface area (Å²) in [5.41, 5.74) is 5.20. The molecule has 0 amide bonds. The maximum Gasteiger partial charge on any atom is 0.0640 e. The van der Waals surface area contributed by atoms with E-state index in [1.807, 2.05) is 42.2 Å². The van der Waals surface area contributed by atoms with Crippen LogP contribution in [0.2, 0.25) is 0 Å². The first-order chi connectivity index (χ1) is 8.28. The van der Waals surface area contributed by atoms with E-state index in [9.17, 15) is 0 Å². The quantitative estimate of drug-likeness (QED) is 0.596. The highest BCUT2D eigenvalue weighted by Gasteiger charge is 2.10. The summed E-state index contributed by atoms with van der Waals surface area (Å²) < 4.78 is 1.81. The van der Waals surface area contributed by atoms with Crippen LogP contribution >= 0.6 is 0 Å². The molecule has 1 aromatic carbocycles. The summed E-state index contributed by atoms with van der Waals surface area (Å²) in [6, 6.07) is 12.6. The zero-order valence-corrected chi connectivity index (χ0v) is 10.0. The van der Waals surface area contributed by atoms with Gasteiger partial charge in [-0.15, -0.1) is 0 Å². The molecule has 1 atom stereocenters. The molecule has 0 aliphatic heterocycles. The Hall–Kier alpha value is -1.65. The zero-order chi connectivity index (χ0) is 12.1. The van der Waals surface area contributed by atoms with Crippen LogP contribution in [0.4, 0.5) is 0 Å². The molecule has 1 aromatic heterocycles. The Morgan fingerprint density at radius 3 is 2.59 bits per heavy atom. The number of nitrogens with zero attached hydrogens (tertiary/aromatic N) is 2. The fraction of sp³-hybridized carbons (Fsp3) is 0.308. The van der Waals surface area contributed by atoms with E-state index in [0.717, 1.165) is 18.5 Å². The first-order valence-electron chi connectivity index (χ1n) is 5.76. The fourth-order valence-electron chi connectivity index (χ4n) is 1.91. The molecule has 4 heteroatoms. The first kappa shape index (κ1) is 11.8. The third-order valence-electron chi connectivity index (χ3n) is 2.79. The van der Waals surface area contributed by atoms with E-state index in [1.54, 1.807) is 0 Å². The maximum atomic E-state index is 5.59. The van der Waals surface area contributed by atoms with Gasteiger partial charge in [-0.25, -0.2) is 0 Å². The van der Waals surface area contributed by atoms with Crippen LogP contribution in [-0.2, 0) is 19.9 Å². The van der Waals surface area contributed by atoms with Crippen molar-refractivity contribution in [2.75, 3.05) is 0 Å². The minimum Gasteiger partial charge on any atom is -0.276 e. The number of nitrogens with one attached hydrogen (secondary N) is 1. The first-order valence-corrected chi connectivity index (χ1v) is 5.76. The van der Waals surface area contributed by atoms with Crippen LogP contribution in [0.15, 0.2) is 42.6 Å². The van der Waals surface area contributed by atoms with Crippen LogP contribution in [0.1, 0.15) is 11.3 Å². The van der Waals surface area contributed by atoms with Crippen molar-refractivity contribution in [1.82, 2.24) is 15.2 Å². The number of rotatable bonds is 5. The molecular weight excluding hydrogens is 212 g/mol. The van der Waals surface area contributed by atoms with Crippen LogP contribution in [0, 0.1) is 0 Å². The molecule has 4 nitrogen and oxygen atoms in total. The topological polar surface area (TPSA) is 55.9 Å². The molecule has 90 valence electrons. The molecule has 0 radical (unpaired) electrons. The van der Waals surface area contributed by atoms with Gasteiger partial charge in [-0.1, -0.05) is 30.3 Å². The second-order valence-corrected chi connectivity index (χ2v) is 4.24. The van der Waals surface area contributed by atoms with Crippen molar-refractivity contribution in [2.45, 2.75) is 18.9 Å². The van der Waals surface area contributed by atoms with E-state index in [1.165, 1.54) is 5.56 Å². The average molecular weight is 230 g/mol. The SMILES string of the molecule is Cn1ccc(CC(Cc2ccccc2)NN)n1. The highest BCUT2D eigenvalue weighted by molar-refractivity contribution is 5.16. The van der Waals surface area contributed by atoms with Crippen molar-refractivity contribution in [3.8, 4) is 0 Å². The molecule has 0 spiro atoms. The van der Waals surface area contributed by atoms with Crippen molar-refractivity contribution in [3.63, 3.8) is 0 Å². The normalized spacial score (nSPS) is 12.6. The van der Waals surface area contributed by atoms with Crippen molar-refractivity contribution >= 4 is 0 Å². The molecule has 0 aliphatic carbocycles. The predicted octanol–water partition coefficient (Wildman–Crippen LogP) is 1.04. The number of benzene rings is 1. The van der Waals surface area contributed by atoms with Crippen LogP contribution < -0.4 is 11.3 Å². The second-order valence-electron chi connectivity index (χ2n) is 4.24. The lowest BCUT2D eigenvalue weighted by Crippen LogP contribution is -2.38. The molecule has 2 aromatic rings. The number of hydrazine groups is 1. The second kappa shape index (κ2) is 5.61. The van der Waals surface area contributed by atoms with E-state index >= 15 is 0 Å². The van der Waals surface area contributed by atoms with E-state index < -0.39 is 0 Å². The molecule has 0 fully saturated rings. The number of hydrogen-bond acceptors (Lipinski definition) is 3. The largest absolute Gasteiger partial charge is 0.276 e. The molecule has 0 saturated heterocycles. The van der Waals surface area contributed by atoms with Gasteiger partial charge in [0.15, 0.2) is 0 Å². The summed E-state index contributed by atoms with van der Waals surface area (Å²) in [5.74, 6) is 5.59. The van der Waals surface area contributed by atoms with Gasteiger partial charge in [-0.05, 0) is 18.1 Å². The number of nitrogens with two attached hydrogens (primary N) is 1. The lowest BCUT2D eigenvalue weighted by Gasteiger charge is -2.14. The summed E-state index contributed by atoms with van der Waals surface area (Å²) in [4.78, 5) is 0. The van der Waals surface area contributed by atoms with E-state index in [-0.39, 0.29) is 6.04 Å². The minimum atomic E-state index is 0.215. The van der Waals surface area contributed by atoms with Crippen molar-refractivity contribution < 1.29 is 0 Å². The summed E-state index contributed by atoms with van der Waals surface area (Å²) in [6.45, 7) is 0. The Bertz CT molecular complexity index is 449. The van der Waals surface area contributed by atoms with Gasteiger partial charge in [0.05, 0.1) is 5.69 Å². The van der Waals surface area contributed by atoms with Gasteiger partial charge in [0.25, 0.3) is 0 Å². The summed E-state index contributed by atoms with van der Waals surface area (Å²) >= 11 is 0. The van der Waals surface area contributed by atoms with Crippen LogP contribution in [0.3, 0.4) is 0 Å². The third kappa shape index (κ3) is 3.41. The van der Waals surface area contributed by atoms with Gasteiger partial charge in [-0.3, -0.25) is 16.0 Å². The lowest BCUT2D eigenvalue weighted by atomic mass is 10.0. The Balaban J connectivity index is 1.98. The van der Waals surface area contributed by atoms with Gasteiger partial charge in [0.2, 0.25) is 0 Å². The third-order valence-corrected chi connectivity index (χ3v) is 2.79. The van der Waals surface area contributed by atoms with Crippen LogP contribution in [-0.4, -0.2) is 15.8 Å². The molecule has 17 heavy (non-hydrogen) atoms. The molecule has 0 saturated carbocycles. The standard InChI is InChI=1S/C13H18N4/c1-17-8-7-12(16-17)10-13(15-14)9-11-5-3-2-4-6-11/h2-8,13,15H,9-10,14H2,1H3. The van der Waals surface area contributed by atoms with Gasteiger partial charge >= 0.3 is 0 Å². The number of hydrogen-bond donors (Lipinski definition) is 2. The van der Waals surface area contributed by atoms with Crippen molar-refractivity contribution in [3.05, 3.63) is 53.9 Å². The Morgan fingerprint density at radius 2 is 2.00 bits per heavy atom. The van der Waals surface area contributed by atoms with Crippen molar-refractivity contribution in [1.29, 1.82) is 0 Å². The van der Waals surface area contributed by atoms with Crippen LogP contribution in [0.5, 0.6) is 0 Å². The molecule has 0 aliphatic rings. The molecule has 1 heterocycles. The molecular formula is C13H18N4. The lowest BCUT2D eigenvalue weighted by molar-refractivity contribution is 0.514. The molecule has 1 unspecified atom stereocenters. The number of aryl methyl sites for hydroxylation is 1.